The Kier molecular flexibility index (Phi) is 23.1. The summed E-state index contributed by atoms with van der Waals surface area (Å²) in [6.07, 6.45) is 1.81. The molecule has 0 aliphatic heterocycles. The minimum atomic E-state index is -5.56. The minimum absolute atomic E-state index is 0.00682. The fourth-order valence-electron chi connectivity index (χ4n) is 13.7. The largest absolute Gasteiger partial charge is 0.354 e. The van der Waals surface area contributed by atoms with Crippen LogP contribution in [0, 0.1) is 6.92 Å². The Bertz CT molecular complexity index is 7430. The molecule has 12 N–H and O–H groups in total. The van der Waals surface area contributed by atoms with Crippen LogP contribution in [-0.4, -0.2) is 182 Å². The molecule has 14 rings (SSSR count). The molecule has 4 heterocycles. The van der Waals surface area contributed by atoms with Gasteiger partial charge in [0.2, 0.25) is 23.8 Å². The van der Waals surface area contributed by atoms with E-state index in [-0.39, 0.29) is 130 Å². The number of aromatic nitrogens is 8. The van der Waals surface area contributed by atoms with Gasteiger partial charge in [-0.15, -0.1) is 0 Å². The first kappa shape index (κ1) is 85.6. The van der Waals surface area contributed by atoms with Crippen LogP contribution in [0.15, 0.2) is 190 Å². The van der Waals surface area contributed by atoms with Crippen molar-refractivity contribution in [1.29, 1.82) is 0 Å². The van der Waals surface area contributed by atoms with Gasteiger partial charge < -0.3 is 41.0 Å². The van der Waals surface area contributed by atoms with E-state index in [0.717, 1.165) is 51.2 Å². The van der Waals surface area contributed by atoms with E-state index in [1.807, 2.05) is 6.26 Å². The molecule has 2 aliphatic rings. The number of nitrogens with one attached hydrogen (secondary N) is 6. The molecule has 0 saturated carbocycles. The third-order valence-electron chi connectivity index (χ3n) is 18.9. The molecule has 8 aromatic carbocycles. The number of pyridine rings is 2. The highest BCUT2D eigenvalue weighted by Crippen LogP contribution is 2.48. The number of hydrogen-bond donors (Lipinski definition) is 12. The molecule has 4 aromatic heterocycles. The number of hydrogen-bond acceptors (Lipinski definition) is 33. The molecular formula is C74H60N14O24S9. The molecule has 0 radical (unpaired) electrons. The van der Waals surface area contributed by atoms with E-state index in [1.54, 1.807) is 37.3 Å². The predicted molar refractivity (Wildman–Crippen MR) is 449 cm³/mol. The van der Waals surface area contributed by atoms with Gasteiger partial charge in [0.25, 0.3) is 71.8 Å². The van der Waals surface area contributed by atoms with Crippen LogP contribution in [-0.2, 0) is 74.8 Å². The molecule has 12 aromatic rings. The Morgan fingerprint density at radius 3 is 1.18 bits per heavy atom. The zero-order valence-corrected chi connectivity index (χ0v) is 69.7. The summed E-state index contributed by atoms with van der Waals surface area (Å²) in [6.45, 7) is 1.25. The van der Waals surface area contributed by atoms with Gasteiger partial charge in [-0.1, -0.05) is 108 Å². The average molecular weight is 1820 g/mol. The first-order valence-electron chi connectivity index (χ1n) is 34.9. The standard InChI is InChI=1S/C74H60N14O24S9/c1-35-11-9-12-36(29-35)63(89)61-55-39-15-5-7-17-41(39)65(91)57-43(19-21-49(59(55)57)87(2)67(61)93)77-46-32-48(54(121(110,111)112)34-52(46)119(104,105)106)80-72-82-70(84-74(86-72)115-27-28-116(95,96)97)76-24-23-75-69-81-71(85-73(83-69)114-26-25-113-4)79-47-31-45(51(118(101,102)103)33-53(47)120(107,108)109)78-44-20-22-50-60-56(40-16-6-8-18-42(40)66(92)58(44)60)62(68(94)88(50)3)64(90)37-13-10-14-38(30-37)117(98,99)100/h5-22,29-34,77-78H,23-28H2,1-4H3,(H,95,96,97)(H,98,99,100)(H,101,102,103)(H,104,105,106)(H,107,108,109)(H,110,111,112)(H2,75,79,81,83,85)(H2,76,80,82,84,86). The van der Waals surface area contributed by atoms with Gasteiger partial charge in [0, 0.05) is 88.6 Å². The Morgan fingerprint density at radius 1 is 0.397 bits per heavy atom. The summed E-state index contributed by atoms with van der Waals surface area (Å²) in [5.41, 5.74) is -5.60. The van der Waals surface area contributed by atoms with Crippen molar-refractivity contribution in [3.63, 3.8) is 0 Å². The van der Waals surface area contributed by atoms with Crippen LogP contribution >= 0.6 is 35.3 Å². The molecule has 0 saturated heterocycles. The third kappa shape index (κ3) is 17.3. The lowest BCUT2D eigenvalue weighted by Crippen LogP contribution is -2.29. The first-order chi connectivity index (χ1) is 57.0. The molecule has 0 fully saturated rings. The van der Waals surface area contributed by atoms with Crippen molar-refractivity contribution in [2.45, 2.75) is 41.7 Å². The van der Waals surface area contributed by atoms with E-state index in [2.05, 4.69) is 61.8 Å². The number of nitrogens with zero attached hydrogens (tertiary/aromatic N) is 8. The number of anilines is 10. The van der Waals surface area contributed by atoms with Crippen molar-refractivity contribution in [3.8, 4) is 22.3 Å². The van der Waals surface area contributed by atoms with Gasteiger partial charge in [-0.3, -0.25) is 56.1 Å². The number of rotatable bonds is 30. The van der Waals surface area contributed by atoms with Crippen molar-refractivity contribution in [2.75, 3.05) is 74.3 Å². The normalized spacial score (nSPS) is 12.7. The van der Waals surface area contributed by atoms with Gasteiger partial charge >= 0.3 is 0 Å². The average Bonchev–Trinajstić information content (AvgIpc) is 0.710. The van der Waals surface area contributed by atoms with Crippen LogP contribution < -0.4 is 43.0 Å². The summed E-state index contributed by atoms with van der Waals surface area (Å²) < 4.78 is 220. The molecule has 47 heteroatoms. The molecular weight excluding hydrogens is 1760 g/mol. The topological polar surface area (TPSA) is 588 Å². The fourth-order valence-corrected chi connectivity index (χ4v) is 20.1. The summed E-state index contributed by atoms with van der Waals surface area (Å²) in [4.78, 5) is 109. The highest BCUT2D eigenvalue weighted by molar-refractivity contribution is 8.02. The number of thioether (sulfide) groups is 3. The molecule has 0 atom stereocenters. The van der Waals surface area contributed by atoms with E-state index < -0.39 is 171 Å². The van der Waals surface area contributed by atoms with Crippen LogP contribution in [0.1, 0.15) is 69.2 Å². The number of ketones is 4. The van der Waals surface area contributed by atoms with Gasteiger partial charge in [-0.2, -0.15) is 92.2 Å². The monoisotopic (exact) mass is 1820 g/mol. The summed E-state index contributed by atoms with van der Waals surface area (Å²) >= 11 is 3.13. The molecule has 121 heavy (non-hydrogen) atoms. The number of carbonyl (C=O) groups excluding carboxylic acids is 4. The lowest BCUT2D eigenvalue weighted by Gasteiger charge is -2.26. The zero-order valence-electron chi connectivity index (χ0n) is 62.4. The number of fused-ring (bicyclic) bond motifs is 4. The summed E-state index contributed by atoms with van der Waals surface area (Å²) in [5.74, 6) is -5.38. The van der Waals surface area contributed by atoms with Gasteiger partial charge in [-0.05, 0) is 91.0 Å². The van der Waals surface area contributed by atoms with Crippen LogP contribution in [0.2, 0.25) is 0 Å². The van der Waals surface area contributed by atoms with Gasteiger partial charge in [-0.25, -0.2) is 0 Å². The van der Waals surface area contributed by atoms with Crippen molar-refractivity contribution in [1.82, 2.24) is 39.0 Å². The highest BCUT2D eigenvalue weighted by Gasteiger charge is 2.39. The van der Waals surface area contributed by atoms with Crippen LogP contribution in [0.25, 0.3) is 44.1 Å². The fraction of sp³-hybridized carbons (Fsp3) is 0.135. The predicted octanol–water partition coefficient (Wildman–Crippen LogP) is 9.12. The lowest BCUT2D eigenvalue weighted by molar-refractivity contribution is 0.102. The molecule has 0 amide bonds. The number of aryl methyl sites for hydroxylation is 3. The molecule has 2 aliphatic carbocycles. The van der Waals surface area contributed by atoms with Crippen LogP contribution in [0.5, 0.6) is 0 Å². The van der Waals surface area contributed by atoms with Crippen molar-refractivity contribution in [2.24, 2.45) is 14.1 Å². The van der Waals surface area contributed by atoms with Crippen LogP contribution in [0.4, 0.5) is 57.9 Å². The molecule has 38 nitrogen and oxygen atoms in total. The number of carbonyl (C=O) groups is 4. The van der Waals surface area contributed by atoms with E-state index >= 15 is 0 Å². The SMILES string of the molecule is CSCCSc1nc(NCCNc2nc(Nc3cc(Nc4ccc5c6c4C(=O)c4ccccc4-c6c(C(=O)c4cccc(C)c4)c(=O)n5C)c(S(=O)(=O)O)cc3S(=O)(=O)O)nc(SCCS(=O)(=O)O)n2)nc(Nc2cc(Nc3ccc4c5c3C(=O)c3ccccc3-c5c(C(=O)c3cccc(S(=O)(=O)O)c3)c(=O)n4C)c(S(=O)(=O)O)cc2S(=O)(=O)O)n1. The van der Waals surface area contributed by atoms with E-state index in [4.69, 9.17) is 0 Å². The Labute approximate surface area is 698 Å². The maximum absolute atomic E-state index is 15.0. The Morgan fingerprint density at radius 2 is 0.785 bits per heavy atom. The quantitative estimate of drug-likeness (QED) is 0.00863. The minimum Gasteiger partial charge on any atom is -0.354 e. The first-order valence-corrected chi connectivity index (χ1v) is 47.1. The van der Waals surface area contributed by atoms with Gasteiger partial charge in [0.15, 0.2) is 33.4 Å². The molecule has 624 valence electrons. The van der Waals surface area contributed by atoms with Crippen molar-refractivity contribution < 1.29 is 97.0 Å². The Balaban J connectivity index is 0.796. The maximum Gasteiger partial charge on any atom is 0.296 e. The highest BCUT2D eigenvalue weighted by atomic mass is 32.2. The van der Waals surface area contributed by atoms with E-state index in [9.17, 15) is 107 Å². The summed E-state index contributed by atoms with van der Waals surface area (Å²) in [5, 5.41) is 16.2. The summed E-state index contributed by atoms with van der Waals surface area (Å²) in [6, 6.07) is 30.0. The smallest absolute Gasteiger partial charge is 0.296 e. The molecule has 0 bridgehead atoms. The second-order valence-corrected chi connectivity index (χ2v) is 38.4. The van der Waals surface area contributed by atoms with Crippen molar-refractivity contribution in [3.05, 3.63) is 216 Å². The van der Waals surface area contributed by atoms with Gasteiger partial charge in [0.05, 0.1) is 78.1 Å². The maximum atomic E-state index is 15.0. The Hall–Kier alpha value is -11.8. The third-order valence-corrected chi connectivity index (χ3v) is 26.9. The van der Waals surface area contributed by atoms with E-state index in [0.29, 0.717) is 41.0 Å². The second kappa shape index (κ2) is 32.6. The van der Waals surface area contributed by atoms with Crippen molar-refractivity contribution >= 4 is 199 Å². The molecule has 0 spiro atoms. The van der Waals surface area contributed by atoms with E-state index in [1.165, 1.54) is 98.7 Å². The van der Waals surface area contributed by atoms with Crippen LogP contribution in [0.3, 0.4) is 0 Å². The summed E-state index contributed by atoms with van der Waals surface area (Å²) in [7, 11) is -29.0. The number of benzene rings is 8. The zero-order chi connectivity index (χ0) is 87.1. The van der Waals surface area contributed by atoms with Gasteiger partial charge in [0.1, 0.15) is 19.6 Å². The second-order valence-electron chi connectivity index (χ2n) is 26.7. The molecule has 0 unspecified atom stereocenters. The lowest BCUT2D eigenvalue weighted by atomic mass is 9.80.